The lowest BCUT2D eigenvalue weighted by molar-refractivity contribution is 0.673. The summed E-state index contributed by atoms with van der Waals surface area (Å²) in [6.45, 7) is 0.509. The van der Waals surface area contributed by atoms with Gasteiger partial charge in [0.2, 0.25) is 0 Å². The van der Waals surface area contributed by atoms with Gasteiger partial charge in [0.25, 0.3) is 0 Å². The van der Waals surface area contributed by atoms with Crippen LogP contribution in [0.4, 0.5) is 5.82 Å². The topological polar surface area (TPSA) is 56.7 Å². The molecule has 0 aromatic carbocycles. The number of anilines is 1. The molecule has 0 atom stereocenters. The third-order valence-corrected chi connectivity index (χ3v) is 2.61. The van der Waals surface area contributed by atoms with Crippen molar-refractivity contribution in [3.05, 3.63) is 39.7 Å². The fourth-order valence-electron chi connectivity index (χ4n) is 1.19. The largest absolute Gasteiger partial charge is 0.384 e. The second-order valence-corrected chi connectivity index (χ2v) is 4.34. The number of nitrogens with two attached hydrogens (primary N) is 1. The molecule has 0 radical (unpaired) electrons. The van der Waals surface area contributed by atoms with Crippen LogP contribution in [0.2, 0.25) is 5.02 Å². The van der Waals surface area contributed by atoms with Crippen LogP contribution in [0.25, 0.3) is 0 Å². The molecule has 2 heterocycles. The molecular weight excluding hydrogens is 279 g/mol. The number of halogens is 2. The van der Waals surface area contributed by atoms with Crippen LogP contribution in [0.15, 0.2) is 29.0 Å². The van der Waals surface area contributed by atoms with Gasteiger partial charge in [-0.05, 0) is 28.1 Å². The Hall–Kier alpha value is -1.07. The average molecular weight is 288 g/mol. The van der Waals surface area contributed by atoms with E-state index in [0.717, 1.165) is 4.47 Å². The molecule has 78 valence electrons. The Morgan fingerprint density at radius 2 is 2.27 bits per heavy atom. The Kier molecular flexibility index (Phi) is 2.93. The van der Waals surface area contributed by atoms with Crippen molar-refractivity contribution in [1.29, 1.82) is 0 Å². The summed E-state index contributed by atoms with van der Waals surface area (Å²) in [5.74, 6) is 0.459. The molecule has 2 N–H and O–H groups in total. The van der Waals surface area contributed by atoms with Gasteiger partial charge in [-0.25, -0.2) is 4.98 Å². The van der Waals surface area contributed by atoms with E-state index in [9.17, 15) is 0 Å². The third-order valence-electron chi connectivity index (χ3n) is 1.85. The number of hydrogen-bond acceptors (Lipinski definition) is 3. The van der Waals surface area contributed by atoms with Crippen molar-refractivity contribution in [2.45, 2.75) is 6.54 Å². The summed E-state index contributed by atoms with van der Waals surface area (Å²) in [5, 5.41) is 4.71. The van der Waals surface area contributed by atoms with Crippen molar-refractivity contribution in [3.63, 3.8) is 0 Å². The van der Waals surface area contributed by atoms with Crippen LogP contribution in [-0.2, 0) is 6.54 Å². The van der Waals surface area contributed by atoms with E-state index in [1.165, 1.54) is 0 Å². The third kappa shape index (κ3) is 2.49. The van der Waals surface area contributed by atoms with Crippen molar-refractivity contribution in [2.24, 2.45) is 0 Å². The van der Waals surface area contributed by atoms with E-state index in [1.807, 2.05) is 6.20 Å². The molecule has 0 bridgehead atoms. The predicted octanol–water partition coefficient (Wildman–Crippen LogP) is 2.32. The summed E-state index contributed by atoms with van der Waals surface area (Å²) >= 11 is 9.30. The minimum Gasteiger partial charge on any atom is -0.384 e. The highest BCUT2D eigenvalue weighted by Crippen LogP contribution is 2.17. The molecule has 15 heavy (non-hydrogen) atoms. The lowest BCUT2D eigenvalue weighted by atomic mass is 10.3. The minimum atomic E-state index is 0.459. The minimum absolute atomic E-state index is 0.459. The summed E-state index contributed by atoms with van der Waals surface area (Å²) in [4.78, 5) is 4.15. The van der Waals surface area contributed by atoms with Gasteiger partial charge in [-0.15, -0.1) is 0 Å². The zero-order valence-electron chi connectivity index (χ0n) is 7.69. The normalized spacial score (nSPS) is 10.5. The van der Waals surface area contributed by atoms with E-state index in [-0.39, 0.29) is 0 Å². The molecule has 6 heteroatoms. The fourth-order valence-corrected chi connectivity index (χ4v) is 1.68. The highest BCUT2D eigenvalue weighted by Gasteiger charge is 2.04. The van der Waals surface area contributed by atoms with Crippen LogP contribution in [0.3, 0.4) is 0 Å². The van der Waals surface area contributed by atoms with Crippen LogP contribution in [0, 0.1) is 0 Å². The number of hydrogen-bond donors (Lipinski definition) is 1. The molecular formula is C9H8BrClN4. The molecule has 0 saturated heterocycles. The van der Waals surface area contributed by atoms with Gasteiger partial charge in [0, 0.05) is 6.20 Å². The maximum atomic E-state index is 5.98. The second kappa shape index (κ2) is 4.20. The quantitative estimate of drug-likeness (QED) is 0.922. The van der Waals surface area contributed by atoms with E-state index in [2.05, 4.69) is 26.0 Å². The Morgan fingerprint density at radius 1 is 1.47 bits per heavy atom. The summed E-state index contributed by atoms with van der Waals surface area (Å²) in [6.07, 6.45) is 3.56. The molecule has 0 aliphatic rings. The molecule has 4 nitrogen and oxygen atoms in total. The first-order valence-electron chi connectivity index (χ1n) is 4.24. The molecule has 0 aliphatic carbocycles. The Balaban J connectivity index is 2.27. The van der Waals surface area contributed by atoms with Gasteiger partial charge in [-0.2, -0.15) is 5.10 Å². The number of nitrogens with zero attached hydrogens (tertiary/aromatic N) is 3. The smallest absolute Gasteiger partial charge is 0.123 e. The highest BCUT2D eigenvalue weighted by atomic mass is 79.9. The first-order valence-corrected chi connectivity index (χ1v) is 5.41. The molecule has 2 rings (SSSR count). The molecule has 0 saturated carbocycles. The van der Waals surface area contributed by atoms with Gasteiger partial charge in [-0.3, -0.25) is 4.68 Å². The van der Waals surface area contributed by atoms with E-state index in [4.69, 9.17) is 17.3 Å². The van der Waals surface area contributed by atoms with Gasteiger partial charge < -0.3 is 5.73 Å². The molecule has 0 fully saturated rings. The van der Waals surface area contributed by atoms with Gasteiger partial charge >= 0.3 is 0 Å². The van der Waals surface area contributed by atoms with Crippen LogP contribution >= 0.6 is 27.5 Å². The van der Waals surface area contributed by atoms with E-state index in [0.29, 0.717) is 23.1 Å². The van der Waals surface area contributed by atoms with Crippen LogP contribution in [0.1, 0.15) is 5.69 Å². The molecule has 2 aromatic heterocycles. The number of rotatable bonds is 2. The molecule has 0 unspecified atom stereocenters. The van der Waals surface area contributed by atoms with Crippen LogP contribution in [0.5, 0.6) is 0 Å². The van der Waals surface area contributed by atoms with Gasteiger partial charge in [0.05, 0.1) is 27.9 Å². The van der Waals surface area contributed by atoms with Crippen molar-refractivity contribution in [1.82, 2.24) is 14.8 Å². The maximum absolute atomic E-state index is 5.98. The Morgan fingerprint density at radius 3 is 2.93 bits per heavy atom. The predicted molar refractivity (Wildman–Crippen MR) is 62.7 cm³/mol. The van der Waals surface area contributed by atoms with Crippen LogP contribution < -0.4 is 5.73 Å². The fraction of sp³-hybridized carbons (Fsp3) is 0.111. The SMILES string of the molecule is Nc1ccc(Cl)c(Cn2cc(Br)cn2)n1. The van der Waals surface area contributed by atoms with Gasteiger partial charge in [0.15, 0.2) is 0 Å². The molecule has 0 amide bonds. The van der Waals surface area contributed by atoms with Gasteiger partial charge in [0.1, 0.15) is 5.82 Å². The first kappa shape index (κ1) is 10.4. The first-order chi connectivity index (χ1) is 7.15. The van der Waals surface area contributed by atoms with Crippen molar-refractivity contribution >= 4 is 33.3 Å². The number of aromatic nitrogens is 3. The van der Waals surface area contributed by atoms with Crippen molar-refractivity contribution in [2.75, 3.05) is 5.73 Å². The zero-order chi connectivity index (χ0) is 10.8. The van der Waals surface area contributed by atoms with E-state index < -0.39 is 0 Å². The lowest BCUT2D eigenvalue weighted by Gasteiger charge is -2.04. The molecule has 0 spiro atoms. The zero-order valence-corrected chi connectivity index (χ0v) is 10.0. The summed E-state index contributed by atoms with van der Waals surface area (Å²) < 4.78 is 2.65. The lowest BCUT2D eigenvalue weighted by Crippen LogP contribution is -2.04. The summed E-state index contributed by atoms with van der Waals surface area (Å²) in [6, 6.07) is 3.41. The van der Waals surface area contributed by atoms with E-state index >= 15 is 0 Å². The second-order valence-electron chi connectivity index (χ2n) is 3.02. The highest BCUT2D eigenvalue weighted by molar-refractivity contribution is 9.10. The Bertz CT molecular complexity index is 483. The summed E-state index contributed by atoms with van der Waals surface area (Å²) in [5.41, 5.74) is 6.29. The maximum Gasteiger partial charge on any atom is 0.123 e. The molecule has 2 aromatic rings. The Labute approximate surface area is 100 Å². The number of nitrogen functional groups attached to an aromatic ring is 1. The average Bonchev–Trinajstić information content (AvgIpc) is 2.58. The standard InChI is InChI=1S/C9H8BrClN4/c10-6-3-13-15(4-6)5-8-7(11)1-2-9(12)14-8/h1-4H,5H2,(H2,12,14). The monoisotopic (exact) mass is 286 g/mol. The van der Waals surface area contributed by atoms with E-state index in [1.54, 1.807) is 23.0 Å². The summed E-state index contributed by atoms with van der Waals surface area (Å²) in [7, 11) is 0. The van der Waals surface area contributed by atoms with Crippen LogP contribution in [-0.4, -0.2) is 14.8 Å². The van der Waals surface area contributed by atoms with Crippen molar-refractivity contribution in [3.8, 4) is 0 Å². The number of pyridine rings is 1. The molecule has 0 aliphatic heterocycles. The van der Waals surface area contributed by atoms with Gasteiger partial charge in [-0.1, -0.05) is 11.6 Å². The van der Waals surface area contributed by atoms with Crippen molar-refractivity contribution < 1.29 is 0 Å².